The molecule has 0 bridgehead atoms. The van der Waals surface area contributed by atoms with Crippen molar-refractivity contribution in [2.45, 2.75) is 0 Å². The normalized spacial score (nSPS) is 11.6. The van der Waals surface area contributed by atoms with Gasteiger partial charge in [0.25, 0.3) is 0 Å². The molecule has 0 aliphatic carbocycles. The van der Waals surface area contributed by atoms with Crippen LogP contribution in [-0.2, 0) is 0 Å². The standard InChI is InChI=1S/C58H36N2S/c1-3-15-37(16-4-1)39-19-13-21-41(31-39)43-29-30-55-51(33-43)53-35-44(42-22-14-20-40(32-42)38-17-5-2-6-18-38)34-52(58(53)61-55)47-25-7-10-26-48(47)54-36-59-56-49-27-11-8-23-45(49)46-24-9-12-28-50(46)57(56)60-54/h1-36H. The van der Waals surface area contributed by atoms with Crippen molar-refractivity contribution in [1.82, 2.24) is 9.97 Å². The van der Waals surface area contributed by atoms with E-state index in [-0.39, 0.29) is 0 Å². The Morgan fingerprint density at radius 1 is 0.295 bits per heavy atom. The van der Waals surface area contributed by atoms with Crippen LogP contribution in [-0.4, -0.2) is 9.97 Å². The van der Waals surface area contributed by atoms with Crippen molar-refractivity contribution in [3.05, 3.63) is 219 Å². The Hall–Kier alpha value is -7.72. The van der Waals surface area contributed by atoms with Crippen LogP contribution in [0, 0.1) is 0 Å². The fourth-order valence-corrected chi connectivity index (χ4v) is 10.3. The SMILES string of the molecule is c1ccc(-c2cccc(-c3ccc4sc5c(-c6ccccc6-c6cnc7c8ccccc8c8ccccc8c7n6)cc(-c6cccc(-c7ccccc7)c6)cc5c4c3)c2)cc1. The second-order valence-corrected chi connectivity index (χ2v) is 16.7. The second-order valence-electron chi connectivity index (χ2n) is 15.7. The van der Waals surface area contributed by atoms with E-state index in [1.807, 2.05) is 17.5 Å². The molecule has 0 atom stereocenters. The maximum Gasteiger partial charge on any atom is 0.0979 e. The van der Waals surface area contributed by atoms with Crippen molar-refractivity contribution >= 4 is 64.1 Å². The predicted octanol–water partition coefficient (Wildman–Crippen LogP) is 16.3. The molecule has 2 heterocycles. The average molecular weight is 793 g/mol. The Labute approximate surface area is 357 Å². The Kier molecular flexibility index (Phi) is 8.39. The lowest BCUT2D eigenvalue weighted by molar-refractivity contribution is 1.31. The lowest BCUT2D eigenvalue weighted by atomic mass is 9.91. The number of rotatable bonds is 6. The molecule has 12 rings (SSSR count). The molecule has 284 valence electrons. The maximum atomic E-state index is 5.47. The minimum Gasteiger partial charge on any atom is -0.252 e. The molecule has 0 N–H and O–H groups in total. The van der Waals surface area contributed by atoms with E-state index >= 15 is 0 Å². The second kappa shape index (κ2) is 14.5. The van der Waals surface area contributed by atoms with Crippen molar-refractivity contribution < 1.29 is 0 Å². The van der Waals surface area contributed by atoms with Crippen LogP contribution in [0.5, 0.6) is 0 Å². The predicted molar refractivity (Wildman–Crippen MR) is 260 cm³/mol. The van der Waals surface area contributed by atoms with Crippen LogP contribution < -0.4 is 0 Å². The largest absolute Gasteiger partial charge is 0.252 e. The first-order valence-corrected chi connectivity index (χ1v) is 21.5. The molecular formula is C58H36N2S. The van der Waals surface area contributed by atoms with E-state index in [2.05, 4.69) is 212 Å². The monoisotopic (exact) mass is 792 g/mol. The molecule has 2 aromatic heterocycles. The van der Waals surface area contributed by atoms with Gasteiger partial charge in [-0.1, -0.05) is 176 Å². The number of fused-ring (bicyclic) bond motifs is 9. The summed E-state index contributed by atoms with van der Waals surface area (Å²) in [4.78, 5) is 10.6. The van der Waals surface area contributed by atoms with Crippen LogP contribution in [0.3, 0.4) is 0 Å². The third-order valence-electron chi connectivity index (χ3n) is 12.1. The molecule has 0 saturated heterocycles. The molecule has 0 aliphatic rings. The zero-order valence-electron chi connectivity index (χ0n) is 33.1. The number of hydrogen-bond acceptors (Lipinski definition) is 3. The van der Waals surface area contributed by atoms with Gasteiger partial charge < -0.3 is 0 Å². The van der Waals surface area contributed by atoms with E-state index in [1.165, 1.54) is 81.0 Å². The minimum atomic E-state index is 0.856. The molecule has 0 saturated carbocycles. The highest BCUT2D eigenvalue weighted by atomic mass is 32.1. The molecule has 0 radical (unpaired) electrons. The maximum absolute atomic E-state index is 5.47. The molecule has 3 heteroatoms. The zero-order chi connectivity index (χ0) is 40.3. The molecule has 0 fully saturated rings. The average Bonchev–Trinajstić information content (AvgIpc) is 3.72. The van der Waals surface area contributed by atoms with E-state index in [9.17, 15) is 0 Å². The molecule has 0 aliphatic heterocycles. The van der Waals surface area contributed by atoms with Crippen LogP contribution in [0.25, 0.3) is 120 Å². The smallest absolute Gasteiger partial charge is 0.0979 e. The van der Waals surface area contributed by atoms with E-state index < -0.39 is 0 Å². The first kappa shape index (κ1) is 35.2. The minimum absolute atomic E-state index is 0.856. The van der Waals surface area contributed by atoms with Gasteiger partial charge in [0.1, 0.15) is 0 Å². The Morgan fingerprint density at radius 2 is 0.787 bits per heavy atom. The third kappa shape index (κ3) is 6.09. The molecule has 0 spiro atoms. The summed E-state index contributed by atoms with van der Waals surface area (Å²) in [5, 5.41) is 7.11. The summed E-state index contributed by atoms with van der Waals surface area (Å²) in [5.41, 5.74) is 15.7. The topological polar surface area (TPSA) is 25.8 Å². The summed E-state index contributed by atoms with van der Waals surface area (Å²) in [7, 11) is 0. The quantitative estimate of drug-likeness (QED) is 0.157. The molecule has 0 amide bonds. The van der Waals surface area contributed by atoms with E-state index in [0.717, 1.165) is 38.6 Å². The number of aromatic nitrogens is 2. The van der Waals surface area contributed by atoms with Gasteiger partial charge in [-0.3, -0.25) is 4.98 Å². The number of nitrogens with zero attached hydrogens (tertiary/aromatic N) is 2. The lowest BCUT2D eigenvalue weighted by Gasteiger charge is -2.15. The van der Waals surface area contributed by atoms with Crippen molar-refractivity contribution in [1.29, 1.82) is 0 Å². The van der Waals surface area contributed by atoms with Gasteiger partial charge in [0.15, 0.2) is 0 Å². The van der Waals surface area contributed by atoms with Gasteiger partial charge in [-0.15, -0.1) is 11.3 Å². The molecular weight excluding hydrogens is 757 g/mol. The first-order valence-electron chi connectivity index (χ1n) is 20.7. The van der Waals surface area contributed by atoms with E-state index in [1.54, 1.807) is 0 Å². The van der Waals surface area contributed by atoms with Gasteiger partial charge in [-0.2, -0.15) is 0 Å². The van der Waals surface area contributed by atoms with Gasteiger partial charge in [-0.25, -0.2) is 4.98 Å². The molecule has 2 nitrogen and oxygen atoms in total. The number of thiophene rings is 1. The van der Waals surface area contributed by atoms with Crippen LogP contribution in [0.1, 0.15) is 0 Å². The molecule has 61 heavy (non-hydrogen) atoms. The van der Waals surface area contributed by atoms with Crippen LogP contribution in [0.4, 0.5) is 0 Å². The molecule has 0 unspecified atom stereocenters. The summed E-state index contributed by atoms with van der Waals surface area (Å²) in [5.74, 6) is 0. The van der Waals surface area contributed by atoms with E-state index in [0.29, 0.717) is 0 Å². The number of hydrogen-bond donors (Lipinski definition) is 0. The van der Waals surface area contributed by atoms with Crippen molar-refractivity contribution in [3.8, 4) is 66.9 Å². The summed E-state index contributed by atoms with van der Waals surface area (Å²) in [6.07, 6.45) is 1.97. The van der Waals surface area contributed by atoms with Gasteiger partial charge >= 0.3 is 0 Å². The highest BCUT2D eigenvalue weighted by Gasteiger charge is 2.19. The summed E-state index contributed by atoms with van der Waals surface area (Å²) in [6, 6.07) is 76.7. The number of benzene rings is 10. The lowest BCUT2D eigenvalue weighted by Crippen LogP contribution is -1.94. The third-order valence-corrected chi connectivity index (χ3v) is 13.3. The summed E-state index contributed by atoms with van der Waals surface area (Å²) < 4.78 is 2.52. The van der Waals surface area contributed by atoms with Crippen LogP contribution >= 0.6 is 11.3 Å². The van der Waals surface area contributed by atoms with Crippen molar-refractivity contribution in [3.63, 3.8) is 0 Å². The highest BCUT2D eigenvalue weighted by Crippen LogP contribution is 2.46. The van der Waals surface area contributed by atoms with Gasteiger partial charge in [0, 0.05) is 42.1 Å². The first-order chi connectivity index (χ1) is 30.2. The van der Waals surface area contributed by atoms with Crippen molar-refractivity contribution in [2.24, 2.45) is 0 Å². The van der Waals surface area contributed by atoms with Gasteiger partial charge in [-0.05, 0) is 97.2 Å². The Balaban J connectivity index is 1.08. The zero-order valence-corrected chi connectivity index (χ0v) is 33.9. The Morgan fingerprint density at radius 3 is 1.44 bits per heavy atom. The molecule has 10 aromatic carbocycles. The van der Waals surface area contributed by atoms with Crippen molar-refractivity contribution in [2.75, 3.05) is 0 Å². The fourth-order valence-electron chi connectivity index (χ4n) is 9.14. The van der Waals surface area contributed by atoms with E-state index in [4.69, 9.17) is 9.97 Å². The molecule has 12 aromatic rings. The van der Waals surface area contributed by atoms with Gasteiger partial charge in [0.2, 0.25) is 0 Å². The van der Waals surface area contributed by atoms with Gasteiger partial charge in [0.05, 0.1) is 22.9 Å². The van der Waals surface area contributed by atoms with Crippen LogP contribution in [0.2, 0.25) is 0 Å². The Bertz CT molecular complexity index is 3610. The highest BCUT2D eigenvalue weighted by molar-refractivity contribution is 7.26. The van der Waals surface area contributed by atoms with Crippen LogP contribution in [0.15, 0.2) is 219 Å². The summed E-state index contributed by atoms with van der Waals surface area (Å²) >= 11 is 1.86. The summed E-state index contributed by atoms with van der Waals surface area (Å²) in [6.45, 7) is 0. The fraction of sp³-hybridized carbons (Fsp3) is 0.